The molecule has 0 aromatic carbocycles. The van der Waals surface area contributed by atoms with Gasteiger partial charge in [0.25, 0.3) is 0 Å². The summed E-state index contributed by atoms with van der Waals surface area (Å²) in [4.78, 5) is 0. The van der Waals surface area contributed by atoms with E-state index in [0.29, 0.717) is 15.2 Å². The van der Waals surface area contributed by atoms with Crippen molar-refractivity contribution in [2.45, 2.75) is 19.8 Å². The van der Waals surface area contributed by atoms with E-state index in [9.17, 15) is 0 Å². The Labute approximate surface area is 65.4 Å². The molecule has 0 saturated heterocycles. The van der Waals surface area contributed by atoms with Gasteiger partial charge in [0, 0.05) is 0 Å². The number of aliphatic hydroxyl groups excluding tert-OH is 1. The van der Waals surface area contributed by atoms with Crippen LogP contribution < -0.4 is 12.4 Å². The first-order chi connectivity index (χ1) is 3.91. The molecule has 0 aliphatic carbocycles. The fraction of sp³-hybridized carbons (Fsp3) is 1.00. The minimum atomic E-state index is 0. The molecule has 3 heteroatoms. The fourth-order valence-electron chi connectivity index (χ4n) is 0.584. The lowest BCUT2D eigenvalue weighted by atomic mass is 10.4. The van der Waals surface area contributed by atoms with Crippen LogP contribution >= 0.6 is 8.58 Å². The Morgan fingerprint density at radius 1 is 1.33 bits per heavy atom. The van der Waals surface area contributed by atoms with Crippen LogP contribution in [0.3, 0.4) is 0 Å². The van der Waals surface area contributed by atoms with Gasteiger partial charge in [0.05, 0.1) is 18.9 Å². The summed E-state index contributed by atoms with van der Waals surface area (Å²) in [6, 6.07) is 0. The molecule has 0 aromatic rings. The average molecular weight is 171 g/mol. The van der Waals surface area contributed by atoms with Crippen molar-refractivity contribution in [1.29, 1.82) is 0 Å². The summed E-state index contributed by atoms with van der Waals surface area (Å²) in [7, 11) is 0.570. The number of hydrogen-bond donors (Lipinski definition) is 1. The molecule has 0 aromatic heterocycles. The standard InChI is InChI=1S/C6H15OP.ClH/c1-2-3-5-8-6-4-7;/h7-8H,2-6H2,1H3;1H. The van der Waals surface area contributed by atoms with Gasteiger partial charge in [-0.2, -0.15) is 0 Å². The fourth-order valence-corrected chi connectivity index (χ4v) is 1.75. The van der Waals surface area contributed by atoms with Crippen LogP contribution in [-0.4, -0.2) is 24.0 Å². The van der Waals surface area contributed by atoms with Crippen LogP contribution in [0.5, 0.6) is 0 Å². The van der Waals surface area contributed by atoms with Crippen LogP contribution in [0.25, 0.3) is 0 Å². The molecular formula is C6H16ClOP. The van der Waals surface area contributed by atoms with E-state index in [2.05, 4.69) is 6.92 Å². The Bertz CT molecular complexity index is 38.0. The van der Waals surface area contributed by atoms with Crippen molar-refractivity contribution in [1.82, 2.24) is 0 Å². The van der Waals surface area contributed by atoms with Crippen LogP contribution in [0, 0.1) is 0 Å². The van der Waals surface area contributed by atoms with Crippen LogP contribution in [0.1, 0.15) is 19.8 Å². The summed E-state index contributed by atoms with van der Waals surface area (Å²) in [5.74, 6) is 0. The molecule has 0 radical (unpaired) electrons. The third-order valence-electron chi connectivity index (χ3n) is 1.10. The maximum atomic E-state index is 8.39. The molecule has 0 bridgehead atoms. The Balaban J connectivity index is 0. The molecule has 9 heavy (non-hydrogen) atoms. The van der Waals surface area contributed by atoms with E-state index in [1.54, 1.807) is 0 Å². The van der Waals surface area contributed by atoms with E-state index >= 15 is 0 Å². The van der Waals surface area contributed by atoms with Gasteiger partial charge in [-0.15, -0.1) is 0 Å². The minimum absolute atomic E-state index is 0. The highest BCUT2D eigenvalue weighted by Crippen LogP contribution is 2.10. The molecular weight excluding hydrogens is 154 g/mol. The lowest BCUT2D eigenvalue weighted by molar-refractivity contribution is -0.00000287. The summed E-state index contributed by atoms with van der Waals surface area (Å²) in [5, 5.41) is 8.39. The number of aliphatic hydroxyl groups is 1. The predicted molar refractivity (Wildman–Crippen MR) is 41.4 cm³/mol. The number of hydrogen-bond acceptors (Lipinski definition) is 1. The third kappa shape index (κ3) is 12.0. The molecule has 0 amide bonds. The molecule has 1 unspecified atom stereocenters. The molecule has 1 N–H and O–H groups in total. The Kier molecular flexibility index (Phi) is 15.8. The topological polar surface area (TPSA) is 20.2 Å². The van der Waals surface area contributed by atoms with Crippen molar-refractivity contribution in [2.75, 3.05) is 18.9 Å². The van der Waals surface area contributed by atoms with Gasteiger partial charge < -0.3 is 17.5 Å². The third-order valence-corrected chi connectivity index (χ3v) is 2.58. The van der Waals surface area contributed by atoms with Gasteiger partial charge in [-0.25, -0.2) is 0 Å². The molecule has 0 spiro atoms. The van der Waals surface area contributed by atoms with Gasteiger partial charge in [-0.3, -0.25) is 0 Å². The molecule has 1 atom stereocenters. The maximum absolute atomic E-state index is 8.39. The van der Waals surface area contributed by atoms with E-state index in [1.807, 2.05) is 0 Å². The second-order valence-corrected chi connectivity index (χ2v) is 3.68. The van der Waals surface area contributed by atoms with E-state index in [0.717, 1.165) is 6.16 Å². The second-order valence-electron chi connectivity index (χ2n) is 1.94. The summed E-state index contributed by atoms with van der Waals surface area (Å²) in [5.41, 5.74) is 0. The normalized spacial score (nSPS) is 10.0. The van der Waals surface area contributed by atoms with Crippen molar-refractivity contribution in [3.63, 3.8) is 0 Å². The Hall–Kier alpha value is 0.680. The summed E-state index contributed by atoms with van der Waals surface area (Å²) >= 11 is 0. The van der Waals surface area contributed by atoms with Crippen LogP contribution in [0.4, 0.5) is 0 Å². The summed E-state index contributed by atoms with van der Waals surface area (Å²) < 4.78 is 0. The average Bonchev–Trinajstić information content (AvgIpc) is 1.81. The highest BCUT2D eigenvalue weighted by atomic mass is 35.5. The zero-order valence-corrected chi connectivity index (χ0v) is 7.85. The smallest absolute Gasteiger partial charge is 0.0780 e. The van der Waals surface area contributed by atoms with Gasteiger partial charge >= 0.3 is 0 Å². The lowest BCUT2D eigenvalue weighted by Crippen LogP contribution is -3.00. The molecule has 58 valence electrons. The summed E-state index contributed by atoms with van der Waals surface area (Å²) in [6.45, 7) is 2.61. The molecule has 0 fully saturated rings. The van der Waals surface area contributed by atoms with Gasteiger partial charge in [0.15, 0.2) is 0 Å². The largest absolute Gasteiger partial charge is 1.00 e. The zero-order chi connectivity index (χ0) is 6.24. The zero-order valence-electron chi connectivity index (χ0n) is 5.94. The predicted octanol–water partition coefficient (Wildman–Crippen LogP) is -1.81. The molecule has 0 saturated carbocycles. The Morgan fingerprint density at radius 3 is 2.44 bits per heavy atom. The molecule has 1 nitrogen and oxygen atoms in total. The van der Waals surface area contributed by atoms with Gasteiger partial charge in [-0.1, -0.05) is 13.3 Å². The molecule has 0 heterocycles. The lowest BCUT2D eigenvalue weighted by Gasteiger charge is -1.87. The molecule has 0 aliphatic rings. The van der Waals surface area contributed by atoms with Gasteiger partial charge in [0.2, 0.25) is 0 Å². The SMILES string of the molecule is CCCC[PH2+]CCO.[Cl-]. The van der Waals surface area contributed by atoms with E-state index < -0.39 is 0 Å². The Morgan fingerprint density at radius 2 is 2.00 bits per heavy atom. The van der Waals surface area contributed by atoms with Crippen molar-refractivity contribution >= 4 is 8.58 Å². The van der Waals surface area contributed by atoms with Crippen molar-refractivity contribution < 1.29 is 17.5 Å². The van der Waals surface area contributed by atoms with Crippen LogP contribution in [-0.2, 0) is 0 Å². The minimum Gasteiger partial charge on any atom is -1.00 e. The van der Waals surface area contributed by atoms with Crippen LogP contribution in [0.2, 0.25) is 0 Å². The van der Waals surface area contributed by atoms with E-state index in [4.69, 9.17) is 5.11 Å². The monoisotopic (exact) mass is 170 g/mol. The first kappa shape index (κ1) is 12.4. The maximum Gasteiger partial charge on any atom is 0.0780 e. The quantitative estimate of drug-likeness (QED) is 0.381. The first-order valence-corrected chi connectivity index (χ1v) is 4.97. The van der Waals surface area contributed by atoms with Gasteiger partial charge in [0.1, 0.15) is 0 Å². The van der Waals surface area contributed by atoms with Crippen molar-refractivity contribution in [3.8, 4) is 0 Å². The molecule has 0 rings (SSSR count). The molecule has 0 aliphatic heterocycles. The van der Waals surface area contributed by atoms with E-state index in [1.165, 1.54) is 19.0 Å². The van der Waals surface area contributed by atoms with Crippen molar-refractivity contribution in [3.05, 3.63) is 0 Å². The number of halogens is 1. The second kappa shape index (κ2) is 11.5. The van der Waals surface area contributed by atoms with E-state index in [-0.39, 0.29) is 12.4 Å². The number of unbranched alkanes of at least 4 members (excludes halogenated alkanes) is 1. The van der Waals surface area contributed by atoms with Gasteiger partial charge in [-0.05, 0) is 15.0 Å². The highest BCUT2D eigenvalue weighted by molar-refractivity contribution is 7.37. The first-order valence-electron chi connectivity index (χ1n) is 3.34. The highest BCUT2D eigenvalue weighted by Gasteiger charge is 1.90. The van der Waals surface area contributed by atoms with Crippen LogP contribution in [0.15, 0.2) is 0 Å². The number of rotatable bonds is 5. The summed E-state index contributed by atoms with van der Waals surface area (Å²) in [6.07, 6.45) is 5.10. The van der Waals surface area contributed by atoms with Crippen molar-refractivity contribution in [2.24, 2.45) is 0 Å².